The summed E-state index contributed by atoms with van der Waals surface area (Å²) in [6.07, 6.45) is 2.65. The van der Waals surface area contributed by atoms with E-state index in [1.165, 1.54) is 11.3 Å². The molecule has 0 saturated heterocycles. The number of hydrogen-bond donors (Lipinski definition) is 0. The third kappa shape index (κ3) is 2.18. The van der Waals surface area contributed by atoms with Gasteiger partial charge in [0, 0.05) is 11.6 Å². The fraction of sp³-hybridized carbons (Fsp3) is 0. The van der Waals surface area contributed by atoms with E-state index >= 15 is 0 Å². The fourth-order valence-corrected chi connectivity index (χ4v) is 3.61. The molecule has 2 aromatic rings. The number of thiazole rings is 1. The van der Waals surface area contributed by atoms with Crippen LogP contribution in [0, 0.1) is 0 Å². The third-order valence-electron chi connectivity index (χ3n) is 1.32. The number of carbonyl (C=O) groups is 1. The molecular weight excluding hydrogens is 222 g/mol. The van der Waals surface area contributed by atoms with Crippen LogP contribution >= 0.6 is 34.4 Å². The molecular formula is C8H5NOS3. The molecule has 66 valence electrons. The summed E-state index contributed by atoms with van der Waals surface area (Å²) in [6, 6.07) is 3.77. The summed E-state index contributed by atoms with van der Waals surface area (Å²) in [5.41, 5.74) is 0. The van der Waals surface area contributed by atoms with Crippen molar-refractivity contribution in [2.24, 2.45) is 0 Å². The average molecular weight is 227 g/mol. The third-order valence-corrected chi connectivity index (χ3v) is 4.34. The highest BCUT2D eigenvalue weighted by molar-refractivity contribution is 8.02. The first-order valence-corrected chi connectivity index (χ1v) is 6.02. The lowest BCUT2D eigenvalue weighted by Gasteiger charge is -1.88. The number of rotatable bonds is 3. The van der Waals surface area contributed by atoms with Crippen molar-refractivity contribution in [2.45, 2.75) is 8.55 Å². The number of carbonyl (C=O) groups excluding carboxylic acids is 1. The minimum Gasteiger partial charge on any atom is -0.297 e. The number of aldehydes is 1. The zero-order valence-electron chi connectivity index (χ0n) is 6.47. The molecule has 0 unspecified atom stereocenters. The van der Waals surface area contributed by atoms with Gasteiger partial charge in [0.05, 0.1) is 9.09 Å². The quantitative estimate of drug-likeness (QED) is 0.754. The number of hydrogen-bond acceptors (Lipinski definition) is 5. The lowest BCUT2D eigenvalue weighted by Crippen LogP contribution is -1.63. The minimum absolute atomic E-state index is 0.763. The Bertz CT molecular complexity index is 393. The molecule has 13 heavy (non-hydrogen) atoms. The van der Waals surface area contributed by atoms with Gasteiger partial charge < -0.3 is 0 Å². The van der Waals surface area contributed by atoms with E-state index in [1.807, 2.05) is 17.5 Å². The monoisotopic (exact) mass is 227 g/mol. The van der Waals surface area contributed by atoms with E-state index in [-0.39, 0.29) is 0 Å². The largest absolute Gasteiger partial charge is 0.297 e. The van der Waals surface area contributed by atoms with Crippen molar-refractivity contribution in [3.05, 3.63) is 28.6 Å². The molecule has 0 aliphatic carbocycles. The van der Waals surface area contributed by atoms with Crippen molar-refractivity contribution < 1.29 is 4.79 Å². The van der Waals surface area contributed by atoms with Gasteiger partial charge in [-0.1, -0.05) is 0 Å². The van der Waals surface area contributed by atoms with Crippen LogP contribution in [0.5, 0.6) is 0 Å². The first kappa shape index (κ1) is 8.93. The summed E-state index contributed by atoms with van der Waals surface area (Å²) in [5.74, 6) is 0. The lowest BCUT2D eigenvalue weighted by molar-refractivity contribution is 0.112. The molecule has 0 amide bonds. The van der Waals surface area contributed by atoms with Crippen molar-refractivity contribution in [1.29, 1.82) is 0 Å². The predicted octanol–water partition coefficient (Wildman–Crippen LogP) is 3.17. The van der Waals surface area contributed by atoms with Gasteiger partial charge in [0.1, 0.15) is 0 Å². The molecule has 0 bridgehead atoms. The van der Waals surface area contributed by atoms with Crippen molar-refractivity contribution in [1.82, 2.24) is 4.98 Å². The van der Waals surface area contributed by atoms with Gasteiger partial charge in [-0.25, -0.2) is 4.98 Å². The Labute approximate surface area is 87.6 Å². The summed E-state index contributed by atoms with van der Waals surface area (Å²) >= 11 is 4.69. The van der Waals surface area contributed by atoms with Gasteiger partial charge in [-0.3, -0.25) is 4.79 Å². The van der Waals surface area contributed by atoms with Crippen LogP contribution in [0.2, 0.25) is 0 Å². The van der Waals surface area contributed by atoms with Gasteiger partial charge in [0.25, 0.3) is 0 Å². The molecule has 2 rings (SSSR count). The van der Waals surface area contributed by atoms with Crippen molar-refractivity contribution in [3.63, 3.8) is 0 Å². The predicted molar refractivity (Wildman–Crippen MR) is 55.9 cm³/mol. The Morgan fingerprint density at radius 2 is 2.38 bits per heavy atom. The molecule has 0 aliphatic heterocycles. The Kier molecular flexibility index (Phi) is 2.77. The maximum Gasteiger partial charge on any atom is 0.160 e. The molecule has 0 aliphatic rings. The molecule has 0 N–H and O–H groups in total. The SMILES string of the molecule is O=Cc1ccc(Sc2nccs2)s1. The smallest absolute Gasteiger partial charge is 0.160 e. The fourth-order valence-electron chi connectivity index (χ4n) is 0.799. The molecule has 0 atom stereocenters. The second kappa shape index (κ2) is 4.04. The second-order valence-corrected chi connectivity index (χ2v) is 5.73. The van der Waals surface area contributed by atoms with Crippen LogP contribution in [-0.2, 0) is 0 Å². The normalized spacial score (nSPS) is 10.2. The van der Waals surface area contributed by atoms with Crippen LogP contribution < -0.4 is 0 Å². The molecule has 0 radical (unpaired) electrons. The zero-order valence-corrected chi connectivity index (χ0v) is 8.92. The van der Waals surface area contributed by atoms with Crippen LogP contribution in [0.1, 0.15) is 9.67 Å². The van der Waals surface area contributed by atoms with Gasteiger partial charge in [0.2, 0.25) is 0 Å². The van der Waals surface area contributed by atoms with Crippen LogP contribution in [0.4, 0.5) is 0 Å². The van der Waals surface area contributed by atoms with Crippen LogP contribution in [-0.4, -0.2) is 11.3 Å². The van der Waals surface area contributed by atoms with Gasteiger partial charge in [-0.05, 0) is 23.9 Å². The van der Waals surface area contributed by atoms with E-state index in [0.717, 1.165) is 19.7 Å². The highest BCUT2D eigenvalue weighted by Gasteiger charge is 2.02. The summed E-state index contributed by atoms with van der Waals surface area (Å²) < 4.78 is 2.12. The molecule has 2 heterocycles. The number of thiophene rings is 1. The zero-order chi connectivity index (χ0) is 9.10. The molecule has 5 heteroatoms. The summed E-state index contributed by atoms with van der Waals surface area (Å²) in [4.78, 5) is 15.3. The van der Waals surface area contributed by atoms with Gasteiger partial charge in [0.15, 0.2) is 10.6 Å². The molecule has 0 aromatic carbocycles. The minimum atomic E-state index is 0.763. The summed E-state index contributed by atoms with van der Waals surface area (Å²) in [6.45, 7) is 0. The van der Waals surface area contributed by atoms with E-state index in [1.54, 1.807) is 29.3 Å². The van der Waals surface area contributed by atoms with E-state index in [0.29, 0.717) is 0 Å². The highest BCUT2D eigenvalue weighted by atomic mass is 32.2. The van der Waals surface area contributed by atoms with Gasteiger partial charge in [-0.2, -0.15) is 0 Å². The molecule has 0 saturated carbocycles. The first-order valence-electron chi connectivity index (χ1n) is 3.51. The van der Waals surface area contributed by atoms with E-state index in [4.69, 9.17) is 0 Å². The van der Waals surface area contributed by atoms with Crippen molar-refractivity contribution in [3.8, 4) is 0 Å². The standard InChI is InChI=1S/C8H5NOS3/c10-5-6-1-2-7(12-6)13-8-9-3-4-11-8/h1-5H. The lowest BCUT2D eigenvalue weighted by atomic mass is 10.5. The maximum atomic E-state index is 10.4. The number of nitrogens with zero attached hydrogens (tertiary/aromatic N) is 1. The molecule has 0 fully saturated rings. The average Bonchev–Trinajstić information content (AvgIpc) is 2.76. The molecule has 2 nitrogen and oxygen atoms in total. The summed E-state index contributed by atoms with van der Waals surface area (Å²) in [5, 5.41) is 1.94. The van der Waals surface area contributed by atoms with Crippen LogP contribution in [0.15, 0.2) is 32.3 Å². The molecule has 0 spiro atoms. The van der Waals surface area contributed by atoms with Gasteiger partial charge in [-0.15, -0.1) is 22.7 Å². The Balaban J connectivity index is 2.14. The summed E-state index contributed by atoms with van der Waals surface area (Å²) in [7, 11) is 0. The van der Waals surface area contributed by atoms with E-state index < -0.39 is 0 Å². The van der Waals surface area contributed by atoms with Gasteiger partial charge >= 0.3 is 0 Å². The number of aromatic nitrogens is 1. The maximum absolute atomic E-state index is 10.4. The van der Waals surface area contributed by atoms with Crippen molar-refractivity contribution in [2.75, 3.05) is 0 Å². The molecule has 2 aromatic heterocycles. The van der Waals surface area contributed by atoms with Crippen LogP contribution in [0.25, 0.3) is 0 Å². The topological polar surface area (TPSA) is 30.0 Å². The van der Waals surface area contributed by atoms with E-state index in [9.17, 15) is 4.79 Å². The first-order chi connectivity index (χ1) is 6.38. The Morgan fingerprint density at radius 3 is 3.00 bits per heavy atom. The Hall–Kier alpha value is -0.650. The highest BCUT2D eigenvalue weighted by Crippen LogP contribution is 2.33. The van der Waals surface area contributed by atoms with Crippen molar-refractivity contribution >= 4 is 40.7 Å². The van der Waals surface area contributed by atoms with Crippen LogP contribution in [0.3, 0.4) is 0 Å². The Morgan fingerprint density at radius 1 is 1.46 bits per heavy atom. The second-order valence-electron chi connectivity index (χ2n) is 2.17. The van der Waals surface area contributed by atoms with E-state index in [2.05, 4.69) is 4.98 Å².